The van der Waals surface area contributed by atoms with Crippen LogP contribution in [0.2, 0.25) is 0 Å². The Balaban J connectivity index is 1.55. The number of nitrogens with zero attached hydrogens (tertiary/aromatic N) is 3. The van der Waals surface area contributed by atoms with Crippen molar-refractivity contribution in [2.24, 2.45) is 0 Å². The molecule has 0 atom stereocenters. The quantitative estimate of drug-likeness (QED) is 0.243. The fraction of sp³-hybridized carbons (Fsp3) is 0.273. The first-order chi connectivity index (χ1) is 18.4. The molecule has 0 aliphatic rings. The van der Waals surface area contributed by atoms with Gasteiger partial charge in [0, 0.05) is 36.6 Å². The fourth-order valence-corrected chi connectivity index (χ4v) is 4.54. The zero-order chi connectivity index (χ0) is 26.9. The van der Waals surface area contributed by atoms with Crippen LogP contribution in [0.25, 0.3) is 0 Å². The molecule has 38 heavy (non-hydrogen) atoms. The Morgan fingerprint density at radius 3 is 1.97 bits per heavy atom. The van der Waals surface area contributed by atoms with Gasteiger partial charge in [-0.25, -0.2) is 0 Å². The van der Waals surface area contributed by atoms with E-state index in [-0.39, 0.29) is 24.4 Å². The van der Waals surface area contributed by atoms with Crippen LogP contribution < -0.4 is 0 Å². The van der Waals surface area contributed by atoms with Crippen molar-refractivity contribution < 1.29 is 9.59 Å². The number of aromatic nitrogens is 1. The molecule has 1 aromatic heterocycles. The van der Waals surface area contributed by atoms with E-state index in [1.54, 1.807) is 4.90 Å². The van der Waals surface area contributed by atoms with E-state index in [0.29, 0.717) is 18.7 Å². The highest BCUT2D eigenvalue weighted by molar-refractivity contribution is 5.96. The summed E-state index contributed by atoms with van der Waals surface area (Å²) in [4.78, 5) is 30.8. The Morgan fingerprint density at radius 1 is 0.737 bits per heavy atom. The van der Waals surface area contributed by atoms with Gasteiger partial charge in [-0.2, -0.15) is 0 Å². The lowest BCUT2D eigenvalue weighted by Crippen LogP contribution is -2.45. The second-order valence-electron chi connectivity index (χ2n) is 9.93. The van der Waals surface area contributed by atoms with Crippen LogP contribution in [-0.2, 0) is 30.8 Å². The molecule has 3 aromatic carbocycles. The third-order valence-corrected chi connectivity index (χ3v) is 6.84. The van der Waals surface area contributed by atoms with Crippen LogP contribution in [0.3, 0.4) is 0 Å². The number of carbonyl (C=O) groups is 2. The summed E-state index contributed by atoms with van der Waals surface area (Å²) in [5.41, 5.74) is 5.10. The maximum atomic E-state index is 13.8. The molecule has 4 rings (SSSR count). The summed E-state index contributed by atoms with van der Waals surface area (Å²) in [6.45, 7) is 7.70. The van der Waals surface area contributed by atoms with Crippen molar-refractivity contribution >= 4 is 11.8 Å². The van der Waals surface area contributed by atoms with E-state index in [1.807, 2.05) is 97.6 Å². The molecule has 0 fully saturated rings. The van der Waals surface area contributed by atoms with E-state index in [0.717, 1.165) is 24.2 Å². The van der Waals surface area contributed by atoms with Crippen LogP contribution in [0.4, 0.5) is 0 Å². The lowest BCUT2D eigenvalue weighted by atomic mass is 10.1. The van der Waals surface area contributed by atoms with Crippen molar-refractivity contribution in [2.45, 2.75) is 52.9 Å². The molecule has 196 valence electrons. The van der Waals surface area contributed by atoms with E-state index in [9.17, 15) is 9.59 Å². The van der Waals surface area contributed by atoms with Crippen LogP contribution in [0.15, 0.2) is 103 Å². The Bertz CT molecular complexity index is 1310. The SMILES string of the molecule is CCc1ccc(C(=O)N(CC(=O)N(Cc2ccccc2)Cc2cccn2Cc2ccccc2)C(C)C)cc1. The molecule has 4 aromatic rings. The molecule has 0 aliphatic carbocycles. The smallest absolute Gasteiger partial charge is 0.254 e. The first kappa shape index (κ1) is 26.9. The van der Waals surface area contributed by atoms with Gasteiger partial charge in [0.1, 0.15) is 6.54 Å². The Morgan fingerprint density at radius 2 is 1.37 bits per heavy atom. The topological polar surface area (TPSA) is 45.6 Å². The molecule has 1 heterocycles. The molecule has 0 spiro atoms. The van der Waals surface area contributed by atoms with Gasteiger partial charge in [-0.1, -0.05) is 79.7 Å². The van der Waals surface area contributed by atoms with Gasteiger partial charge >= 0.3 is 0 Å². The average Bonchev–Trinajstić information content (AvgIpc) is 3.38. The monoisotopic (exact) mass is 507 g/mol. The third-order valence-electron chi connectivity index (χ3n) is 6.84. The molecular weight excluding hydrogens is 470 g/mol. The second kappa shape index (κ2) is 12.9. The largest absolute Gasteiger partial charge is 0.345 e. The Labute approximate surface area is 226 Å². The minimum Gasteiger partial charge on any atom is -0.345 e. The van der Waals surface area contributed by atoms with Gasteiger partial charge in [0.25, 0.3) is 5.91 Å². The zero-order valence-corrected chi connectivity index (χ0v) is 22.6. The van der Waals surface area contributed by atoms with Crippen molar-refractivity contribution in [2.75, 3.05) is 6.54 Å². The molecule has 0 N–H and O–H groups in total. The van der Waals surface area contributed by atoms with Gasteiger partial charge in [0.2, 0.25) is 5.91 Å². The van der Waals surface area contributed by atoms with E-state index < -0.39 is 0 Å². The number of carbonyl (C=O) groups excluding carboxylic acids is 2. The van der Waals surface area contributed by atoms with E-state index in [1.165, 1.54) is 11.1 Å². The molecule has 5 nitrogen and oxygen atoms in total. The Kier molecular flexibility index (Phi) is 9.15. The van der Waals surface area contributed by atoms with E-state index >= 15 is 0 Å². The number of hydrogen-bond donors (Lipinski definition) is 0. The summed E-state index contributed by atoms with van der Waals surface area (Å²) in [6.07, 6.45) is 2.97. The average molecular weight is 508 g/mol. The van der Waals surface area contributed by atoms with E-state index in [2.05, 4.69) is 35.9 Å². The molecule has 0 bridgehead atoms. The first-order valence-corrected chi connectivity index (χ1v) is 13.3. The number of hydrogen-bond acceptors (Lipinski definition) is 2. The molecule has 0 saturated carbocycles. The summed E-state index contributed by atoms with van der Waals surface area (Å²) in [6, 6.07) is 32.0. The van der Waals surface area contributed by atoms with Crippen molar-refractivity contribution in [1.82, 2.24) is 14.4 Å². The Hall–Kier alpha value is -4.12. The summed E-state index contributed by atoms with van der Waals surface area (Å²) < 4.78 is 2.18. The predicted molar refractivity (Wildman–Crippen MR) is 153 cm³/mol. The molecular formula is C33H37N3O2. The predicted octanol–water partition coefficient (Wildman–Crippen LogP) is 6.18. The van der Waals surface area contributed by atoms with Crippen LogP contribution in [0, 0.1) is 0 Å². The molecule has 5 heteroatoms. The van der Waals surface area contributed by atoms with Gasteiger partial charge in [0.05, 0.1) is 6.54 Å². The highest BCUT2D eigenvalue weighted by Crippen LogP contribution is 2.16. The zero-order valence-electron chi connectivity index (χ0n) is 22.6. The van der Waals surface area contributed by atoms with Crippen LogP contribution in [-0.4, -0.2) is 38.8 Å². The number of benzene rings is 3. The lowest BCUT2D eigenvalue weighted by molar-refractivity contribution is -0.133. The van der Waals surface area contributed by atoms with Crippen molar-refractivity contribution in [1.29, 1.82) is 0 Å². The van der Waals surface area contributed by atoms with Gasteiger partial charge in [-0.05, 0) is 61.2 Å². The summed E-state index contributed by atoms with van der Waals surface area (Å²) >= 11 is 0. The standard InChI is InChI=1S/C33H37N3O2/c1-4-27-17-19-30(20-18-27)33(38)36(26(2)3)25-32(37)35(23-29-14-9-6-10-15-29)24-31-16-11-21-34(31)22-28-12-7-5-8-13-28/h5-21,26H,4,22-25H2,1-3H3. The minimum atomic E-state index is -0.122. The maximum Gasteiger partial charge on any atom is 0.254 e. The van der Waals surface area contributed by atoms with Crippen LogP contribution in [0.1, 0.15) is 53.5 Å². The maximum absolute atomic E-state index is 13.8. The van der Waals surface area contributed by atoms with E-state index in [4.69, 9.17) is 0 Å². The summed E-state index contributed by atoms with van der Waals surface area (Å²) in [5.74, 6) is -0.198. The number of rotatable bonds is 11. The van der Waals surface area contributed by atoms with Crippen LogP contribution in [0.5, 0.6) is 0 Å². The third kappa shape index (κ3) is 7.00. The van der Waals surface area contributed by atoms with Gasteiger partial charge in [0.15, 0.2) is 0 Å². The fourth-order valence-electron chi connectivity index (χ4n) is 4.54. The van der Waals surface area contributed by atoms with Crippen molar-refractivity contribution in [3.63, 3.8) is 0 Å². The molecule has 0 aliphatic heterocycles. The van der Waals surface area contributed by atoms with Gasteiger partial charge in [-0.3, -0.25) is 9.59 Å². The lowest BCUT2D eigenvalue weighted by Gasteiger charge is -2.30. The highest BCUT2D eigenvalue weighted by Gasteiger charge is 2.25. The second-order valence-corrected chi connectivity index (χ2v) is 9.93. The van der Waals surface area contributed by atoms with Crippen LogP contribution >= 0.6 is 0 Å². The van der Waals surface area contributed by atoms with Crippen molar-refractivity contribution in [3.05, 3.63) is 131 Å². The normalized spacial score (nSPS) is 10.9. The molecule has 0 saturated heterocycles. The minimum absolute atomic E-state index is 0.0260. The first-order valence-electron chi connectivity index (χ1n) is 13.3. The number of amides is 2. The van der Waals surface area contributed by atoms with Gasteiger partial charge < -0.3 is 14.4 Å². The number of aryl methyl sites for hydroxylation is 1. The van der Waals surface area contributed by atoms with Crippen molar-refractivity contribution in [3.8, 4) is 0 Å². The molecule has 2 amide bonds. The summed E-state index contributed by atoms with van der Waals surface area (Å²) in [7, 11) is 0. The van der Waals surface area contributed by atoms with Gasteiger partial charge in [-0.15, -0.1) is 0 Å². The highest BCUT2D eigenvalue weighted by atomic mass is 16.2. The summed E-state index contributed by atoms with van der Waals surface area (Å²) in [5, 5.41) is 0. The molecule has 0 radical (unpaired) electrons. The molecule has 0 unspecified atom stereocenters.